The van der Waals surface area contributed by atoms with Crippen molar-refractivity contribution in [3.63, 3.8) is 0 Å². The summed E-state index contributed by atoms with van der Waals surface area (Å²) in [6.07, 6.45) is 0. The molecule has 0 fully saturated rings. The molecule has 7 nitrogen and oxygen atoms in total. The topological polar surface area (TPSA) is 96.8 Å². The molecule has 0 amide bonds. The van der Waals surface area contributed by atoms with Crippen LogP contribution in [0, 0.1) is 0 Å². The van der Waals surface area contributed by atoms with Gasteiger partial charge in [-0.3, -0.25) is 14.0 Å². The van der Waals surface area contributed by atoms with Gasteiger partial charge in [-0.2, -0.15) is 5.10 Å². The maximum atomic E-state index is 12.4. The van der Waals surface area contributed by atoms with Crippen molar-refractivity contribution in [1.82, 2.24) is 14.2 Å². The molecule has 0 bridgehead atoms. The van der Waals surface area contributed by atoms with Gasteiger partial charge in [-0.1, -0.05) is 0 Å². The first kappa shape index (κ1) is 13.8. The Morgan fingerprint density at radius 1 is 1.48 bits per heavy atom. The second-order valence-electron chi connectivity index (χ2n) is 5.29. The molecule has 0 aromatic carbocycles. The number of carboxylic acid groups (broad SMARTS) is 1. The van der Waals surface area contributed by atoms with Crippen LogP contribution in [-0.4, -0.2) is 30.4 Å². The Balaban J connectivity index is 2.47. The predicted octanol–water partition coefficient (Wildman–Crippen LogP) is 1.02. The molecule has 0 atom stereocenters. The first-order valence-corrected chi connectivity index (χ1v) is 7.11. The minimum absolute atomic E-state index is 0.232. The normalized spacial score (nSPS) is 12.3. The van der Waals surface area contributed by atoms with Crippen LogP contribution < -0.4 is 5.56 Å². The molecule has 0 spiro atoms. The molecule has 0 saturated heterocycles. The average molecular weight is 307 g/mol. The smallest absolute Gasteiger partial charge is 0.325 e. The van der Waals surface area contributed by atoms with Crippen LogP contribution in [0.5, 0.6) is 0 Å². The summed E-state index contributed by atoms with van der Waals surface area (Å²) in [5.41, 5.74) is -1.50. The molecule has 110 valence electrons. The van der Waals surface area contributed by atoms with Crippen molar-refractivity contribution in [3.8, 4) is 0 Å². The predicted molar refractivity (Wildman–Crippen MR) is 77.7 cm³/mol. The maximum absolute atomic E-state index is 12.4. The Labute approximate surface area is 122 Å². The van der Waals surface area contributed by atoms with Crippen LogP contribution in [-0.2, 0) is 16.9 Å². The molecule has 0 aliphatic heterocycles. The number of carboxylic acids is 1. The third-order valence-corrected chi connectivity index (χ3v) is 4.04. The highest BCUT2D eigenvalue weighted by Gasteiger charge is 2.26. The quantitative estimate of drug-likeness (QED) is 0.753. The van der Waals surface area contributed by atoms with Crippen LogP contribution in [0.1, 0.15) is 19.7 Å². The fourth-order valence-electron chi connectivity index (χ4n) is 2.26. The van der Waals surface area contributed by atoms with Crippen molar-refractivity contribution >= 4 is 33.0 Å². The number of rotatable bonds is 3. The van der Waals surface area contributed by atoms with Gasteiger partial charge in [0, 0.05) is 5.39 Å². The van der Waals surface area contributed by atoms with E-state index in [4.69, 9.17) is 5.11 Å². The van der Waals surface area contributed by atoms with Crippen LogP contribution >= 0.6 is 11.3 Å². The zero-order chi connectivity index (χ0) is 15.4. The van der Waals surface area contributed by atoms with E-state index in [1.807, 2.05) is 11.4 Å². The largest absolute Gasteiger partial charge is 0.480 e. The lowest BCUT2D eigenvalue weighted by atomic mass is 10.1. The molecule has 0 unspecified atom stereocenters. The van der Waals surface area contributed by atoms with Gasteiger partial charge in [-0.25, -0.2) is 4.68 Å². The number of hydrogen-bond donors (Lipinski definition) is 2. The van der Waals surface area contributed by atoms with E-state index >= 15 is 0 Å². The van der Waals surface area contributed by atoms with Crippen LogP contribution in [0.4, 0.5) is 0 Å². The highest BCUT2D eigenvalue weighted by Crippen LogP contribution is 2.28. The number of thiophene rings is 1. The lowest BCUT2D eigenvalue weighted by Crippen LogP contribution is -2.34. The first-order chi connectivity index (χ1) is 9.79. The first-order valence-electron chi connectivity index (χ1n) is 6.23. The SMILES string of the molecule is CC(C)(O)c1nn(CC(=O)O)c(=O)c2cc3ccsc3n12. The zero-order valence-corrected chi connectivity index (χ0v) is 12.2. The van der Waals surface area contributed by atoms with E-state index in [2.05, 4.69) is 5.10 Å². The number of nitrogens with zero attached hydrogens (tertiary/aromatic N) is 3. The van der Waals surface area contributed by atoms with Crippen LogP contribution in [0.2, 0.25) is 0 Å². The van der Waals surface area contributed by atoms with E-state index in [-0.39, 0.29) is 5.82 Å². The molecule has 3 aromatic rings. The Morgan fingerprint density at radius 3 is 2.81 bits per heavy atom. The van der Waals surface area contributed by atoms with Crippen LogP contribution in [0.15, 0.2) is 22.3 Å². The summed E-state index contributed by atoms with van der Waals surface area (Å²) >= 11 is 1.43. The van der Waals surface area contributed by atoms with Crippen molar-refractivity contribution in [2.24, 2.45) is 0 Å². The van der Waals surface area contributed by atoms with Gasteiger partial charge in [0.1, 0.15) is 22.5 Å². The maximum Gasteiger partial charge on any atom is 0.325 e. The third-order valence-electron chi connectivity index (χ3n) is 3.12. The second-order valence-corrected chi connectivity index (χ2v) is 6.18. The van der Waals surface area contributed by atoms with Gasteiger partial charge in [0.15, 0.2) is 5.82 Å². The van der Waals surface area contributed by atoms with Gasteiger partial charge < -0.3 is 10.2 Å². The molecule has 8 heteroatoms. The van der Waals surface area contributed by atoms with Gasteiger partial charge in [-0.15, -0.1) is 11.3 Å². The number of aromatic nitrogens is 3. The van der Waals surface area contributed by atoms with Gasteiger partial charge in [0.05, 0.1) is 0 Å². The summed E-state index contributed by atoms with van der Waals surface area (Å²) in [5.74, 6) is -0.931. The number of aliphatic hydroxyl groups is 1. The summed E-state index contributed by atoms with van der Waals surface area (Å²) in [5, 5.41) is 26.0. The molecule has 3 aromatic heterocycles. The lowest BCUT2D eigenvalue weighted by molar-refractivity contribution is -0.138. The van der Waals surface area contributed by atoms with Crippen molar-refractivity contribution < 1.29 is 15.0 Å². The summed E-state index contributed by atoms with van der Waals surface area (Å²) in [6.45, 7) is 2.55. The van der Waals surface area contributed by atoms with E-state index in [9.17, 15) is 14.7 Å². The fourth-order valence-corrected chi connectivity index (χ4v) is 3.16. The second kappa shape index (κ2) is 4.40. The molecule has 3 heterocycles. The van der Waals surface area contributed by atoms with Gasteiger partial charge in [0.25, 0.3) is 5.56 Å². The summed E-state index contributed by atoms with van der Waals surface area (Å²) in [7, 11) is 0. The summed E-state index contributed by atoms with van der Waals surface area (Å²) < 4.78 is 2.47. The summed E-state index contributed by atoms with van der Waals surface area (Å²) in [4.78, 5) is 24.0. The molecule has 0 aliphatic carbocycles. The van der Waals surface area contributed by atoms with Crippen molar-refractivity contribution in [2.45, 2.75) is 26.0 Å². The summed E-state index contributed by atoms with van der Waals surface area (Å²) in [6, 6.07) is 3.55. The van der Waals surface area contributed by atoms with Crippen LogP contribution in [0.3, 0.4) is 0 Å². The van der Waals surface area contributed by atoms with E-state index < -0.39 is 23.7 Å². The van der Waals surface area contributed by atoms with Crippen molar-refractivity contribution in [2.75, 3.05) is 0 Å². The van der Waals surface area contributed by atoms with Gasteiger partial charge >= 0.3 is 5.97 Å². The molecule has 0 saturated carbocycles. The van der Waals surface area contributed by atoms with E-state index in [1.54, 1.807) is 24.3 Å². The fraction of sp³-hybridized carbons (Fsp3) is 0.308. The van der Waals surface area contributed by atoms with Crippen LogP contribution in [0.25, 0.3) is 15.7 Å². The Hall–Kier alpha value is -2.19. The lowest BCUT2D eigenvalue weighted by Gasteiger charge is -2.19. The highest BCUT2D eigenvalue weighted by molar-refractivity contribution is 7.16. The molecule has 3 rings (SSSR count). The van der Waals surface area contributed by atoms with Crippen molar-refractivity contribution in [1.29, 1.82) is 0 Å². The number of aliphatic carboxylic acids is 1. The average Bonchev–Trinajstić information content (AvgIpc) is 2.91. The molecule has 0 radical (unpaired) electrons. The van der Waals surface area contributed by atoms with E-state index in [1.165, 1.54) is 11.3 Å². The van der Waals surface area contributed by atoms with Gasteiger partial charge in [0.2, 0.25) is 0 Å². The standard InChI is InChI=1S/C13H13N3O4S/c1-13(2,20)12-14-15(6-9(17)18)10(19)8-5-7-3-4-21-11(7)16(8)12/h3-5,20H,6H2,1-2H3,(H,17,18). The third kappa shape index (κ3) is 2.12. The van der Waals surface area contributed by atoms with E-state index in [0.717, 1.165) is 14.9 Å². The van der Waals surface area contributed by atoms with E-state index in [0.29, 0.717) is 5.52 Å². The number of carbonyl (C=O) groups is 1. The Kier molecular flexibility index (Phi) is 2.89. The van der Waals surface area contributed by atoms with Gasteiger partial charge in [-0.05, 0) is 31.4 Å². The minimum Gasteiger partial charge on any atom is -0.480 e. The molecular weight excluding hydrogens is 294 g/mol. The zero-order valence-electron chi connectivity index (χ0n) is 11.4. The monoisotopic (exact) mass is 307 g/mol. The Morgan fingerprint density at radius 2 is 2.19 bits per heavy atom. The minimum atomic E-state index is -1.32. The number of fused-ring (bicyclic) bond motifs is 3. The molecule has 0 aliphatic rings. The van der Waals surface area contributed by atoms with Crippen molar-refractivity contribution in [3.05, 3.63) is 33.7 Å². The molecule has 21 heavy (non-hydrogen) atoms. The Bertz CT molecular complexity index is 913. The number of hydrogen-bond acceptors (Lipinski definition) is 5. The molecule has 2 N–H and O–H groups in total. The molecular formula is C13H13N3O4S. The highest BCUT2D eigenvalue weighted by atomic mass is 32.1.